The van der Waals surface area contributed by atoms with Crippen LogP contribution in [0.4, 0.5) is 0 Å². The van der Waals surface area contributed by atoms with Gasteiger partial charge in [-0.3, -0.25) is 0 Å². The molecule has 1 radical (unpaired) electrons. The van der Waals surface area contributed by atoms with E-state index in [9.17, 15) is 0 Å². The van der Waals surface area contributed by atoms with Gasteiger partial charge < -0.3 is 4.98 Å². The molecular weight excluding hydrogens is 958 g/mol. The molecule has 1 aliphatic rings. The maximum absolute atomic E-state index is 8.61. The first-order chi connectivity index (χ1) is 28.0. The Kier molecular flexibility index (Phi) is 9.00. The largest absolute Gasteiger partial charge is 0.305 e. The summed E-state index contributed by atoms with van der Waals surface area (Å²) in [4.78, 5) is 8.88. The molecule has 6 heteroatoms. The molecule has 0 unspecified atom stereocenters. The molecular formula is C48H44Ge2IrN2O-2. The summed E-state index contributed by atoms with van der Waals surface area (Å²) in [5, 5.41) is 4.25. The van der Waals surface area contributed by atoms with Crippen molar-refractivity contribution in [1.82, 2.24) is 9.97 Å². The van der Waals surface area contributed by atoms with Gasteiger partial charge in [0.1, 0.15) is 0 Å². The van der Waals surface area contributed by atoms with Crippen LogP contribution in [-0.4, -0.2) is 36.5 Å². The first-order valence-corrected chi connectivity index (χ1v) is 31.5. The minimum absolute atomic E-state index is 0. The average Bonchev–Trinajstić information content (AvgIpc) is 3.62. The Morgan fingerprint density at radius 2 is 1.33 bits per heavy atom. The Morgan fingerprint density at radius 3 is 2.06 bits per heavy atom. The van der Waals surface area contributed by atoms with Crippen molar-refractivity contribution < 1.29 is 32.7 Å². The molecule has 0 atom stereocenters. The van der Waals surface area contributed by atoms with Crippen LogP contribution in [0.1, 0.15) is 19.4 Å². The summed E-state index contributed by atoms with van der Waals surface area (Å²) in [6.07, 6.45) is 3.18. The monoisotopic (exact) mass is 1010 g/mol. The number of para-hydroxylation sites is 1. The van der Waals surface area contributed by atoms with Crippen LogP contribution in [0.2, 0.25) is 33.5 Å². The third-order valence-corrected chi connectivity index (χ3v) is 28.1. The van der Waals surface area contributed by atoms with Gasteiger partial charge in [-0.2, -0.15) is 0 Å². The number of rotatable bonds is 4. The Hall–Kier alpha value is -4.06. The van der Waals surface area contributed by atoms with E-state index in [0.717, 1.165) is 38.7 Å². The molecule has 0 N–H and O–H groups in total. The van der Waals surface area contributed by atoms with E-state index in [1.807, 2.05) is 109 Å². The summed E-state index contributed by atoms with van der Waals surface area (Å²) in [5.41, 5.74) is 7.54. The van der Waals surface area contributed by atoms with Gasteiger partial charge in [0, 0.05) is 26.3 Å². The molecule has 0 aliphatic carbocycles. The SMILES string of the molecule is [2H]C([2H])([2H])c1cnc(-c2[c-]ccc3c2oc2c(-c4ccccc4)cccc23)cc1-c1c[c]2[c](cc1C([2H])([2H])[2H])[Ge]([CH3])([CH3])[CH2][CH2][Ge]2([CH3])[CH3].[Ir].[c-]1ccccc1-c1ccccn1. The molecule has 8 aromatic rings. The van der Waals surface area contributed by atoms with Crippen molar-refractivity contribution >= 4 is 57.3 Å². The Morgan fingerprint density at radius 1 is 0.611 bits per heavy atom. The first-order valence-electron chi connectivity index (χ1n) is 21.0. The van der Waals surface area contributed by atoms with Gasteiger partial charge in [0.15, 0.2) is 0 Å². The molecule has 5 aromatic carbocycles. The number of fused-ring (bicyclic) bond motifs is 4. The topological polar surface area (TPSA) is 38.9 Å². The van der Waals surface area contributed by atoms with E-state index in [4.69, 9.17) is 12.6 Å². The number of nitrogens with zero attached hydrogens (tertiary/aromatic N) is 2. The van der Waals surface area contributed by atoms with E-state index in [1.165, 1.54) is 25.5 Å². The normalized spacial score (nSPS) is 16.2. The van der Waals surface area contributed by atoms with Crippen molar-refractivity contribution in [3.05, 3.63) is 157 Å². The van der Waals surface area contributed by atoms with Gasteiger partial charge in [-0.1, -0.05) is 42.5 Å². The van der Waals surface area contributed by atoms with Crippen molar-refractivity contribution in [3.8, 4) is 44.8 Å². The number of furan rings is 1. The van der Waals surface area contributed by atoms with Crippen LogP contribution in [0.25, 0.3) is 66.7 Å². The van der Waals surface area contributed by atoms with Crippen LogP contribution in [0.3, 0.4) is 0 Å². The van der Waals surface area contributed by atoms with Crippen molar-refractivity contribution in [2.45, 2.75) is 47.2 Å². The second kappa shape index (κ2) is 15.6. The predicted molar refractivity (Wildman–Crippen MR) is 228 cm³/mol. The second-order valence-electron chi connectivity index (χ2n) is 15.1. The molecule has 1 aliphatic heterocycles. The molecule has 9 rings (SSSR count). The Labute approximate surface area is 346 Å². The third-order valence-electron chi connectivity index (χ3n) is 10.6. The summed E-state index contributed by atoms with van der Waals surface area (Å²) in [7, 11) is 0. The van der Waals surface area contributed by atoms with Gasteiger partial charge in [-0.05, 0) is 11.8 Å². The molecule has 0 amide bonds. The quantitative estimate of drug-likeness (QED) is 0.130. The van der Waals surface area contributed by atoms with Gasteiger partial charge in [-0.15, -0.1) is 35.9 Å². The van der Waals surface area contributed by atoms with Crippen LogP contribution >= 0.6 is 0 Å². The molecule has 3 aromatic heterocycles. The fourth-order valence-corrected chi connectivity index (χ4v) is 37.9. The Bertz CT molecular complexity index is 2770. The predicted octanol–water partition coefficient (Wildman–Crippen LogP) is 11.8. The number of pyridine rings is 2. The molecule has 54 heavy (non-hydrogen) atoms. The van der Waals surface area contributed by atoms with E-state index in [1.54, 1.807) is 12.3 Å². The summed E-state index contributed by atoms with van der Waals surface area (Å²) >= 11 is -4.95. The van der Waals surface area contributed by atoms with Crippen LogP contribution < -0.4 is 8.79 Å². The van der Waals surface area contributed by atoms with Crippen molar-refractivity contribution in [2.24, 2.45) is 0 Å². The molecule has 0 spiro atoms. The van der Waals surface area contributed by atoms with Gasteiger partial charge in [0.25, 0.3) is 0 Å². The minimum Gasteiger partial charge on any atom is -0.305 e. The van der Waals surface area contributed by atoms with E-state index < -0.39 is 40.2 Å². The van der Waals surface area contributed by atoms with E-state index >= 15 is 0 Å². The second-order valence-corrected chi connectivity index (χ2v) is 35.2. The summed E-state index contributed by atoms with van der Waals surface area (Å²) < 4.78 is 60.4. The molecule has 0 saturated heterocycles. The van der Waals surface area contributed by atoms with Crippen molar-refractivity contribution in [2.75, 3.05) is 0 Å². The fraction of sp³-hybridized carbons (Fsp3) is 0.167. The first kappa shape index (κ1) is 31.2. The maximum atomic E-state index is 8.61. The smallest absolute Gasteiger partial charge is 0.0160 e. The molecule has 4 heterocycles. The number of hydrogen-bond acceptors (Lipinski definition) is 3. The maximum Gasteiger partial charge on any atom is 0.0160 e. The zero-order chi connectivity index (χ0) is 41.7. The molecule has 0 saturated carbocycles. The summed E-state index contributed by atoms with van der Waals surface area (Å²) in [5.74, 6) is 9.51. The average molecular weight is 1010 g/mol. The van der Waals surface area contributed by atoms with Crippen LogP contribution in [-0.2, 0) is 20.1 Å². The van der Waals surface area contributed by atoms with Crippen LogP contribution in [0, 0.1) is 25.8 Å². The summed E-state index contributed by atoms with van der Waals surface area (Å²) in [6.45, 7) is -4.93. The van der Waals surface area contributed by atoms with Gasteiger partial charge in [0.2, 0.25) is 0 Å². The summed E-state index contributed by atoms with van der Waals surface area (Å²) in [6, 6.07) is 45.8. The molecule has 3 nitrogen and oxygen atoms in total. The number of benzene rings is 5. The van der Waals surface area contributed by atoms with Gasteiger partial charge in [-0.25, -0.2) is 0 Å². The van der Waals surface area contributed by atoms with E-state index in [-0.39, 0.29) is 31.2 Å². The number of aryl methyl sites for hydroxylation is 2. The van der Waals surface area contributed by atoms with Crippen molar-refractivity contribution in [1.29, 1.82) is 0 Å². The van der Waals surface area contributed by atoms with E-state index in [0.29, 0.717) is 28.0 Å². The van der Waals surface area contributed by atoms with Crippen LogP contribution in [0.15, 0.2) is 138 Å². The molecule has 271 valence electrons. The zero-order valence-corrected chi connectivity index (χ0v) is 37.3. The fourth-order valence-electron chi connectivity index (χ4n) is 7.53. The van der Waals surface area contributed by atoms with Gasteiger partial charge in [0.05, 0.1) is 0 Å². The molecule has 0 fully saturated rings. The standard InChI is InChI=1S/C37H36Ge2NO.C11H8N.Ir/c1-24-20-33-34(39(5,6)19-18-38(33,3)4)21-31(24)32-22-35(40-23-25(32)2)30-17-11-16-29-28-15-10-14-27(36(28)41-37(29)30)26-12-8-7-9-13-26;1-2-6-10(7-3-1)11-8-4-5-9-12-11;/h7-16,20-23H,18-19H2,1-6H3;1-6,8-9H;/q2*-1;/i1D3,2D3;;. The third kappa shape index (κ3) is 7.34. The number of hydrogen-bond donors (Lipinski definition) is 0. The minimum atomic E-state index is -2.50. The zero-order valence-electron chi connectivity index (χ0n) is 36.8. The number of aromatic nitrogens is 2. The Balaban J connectivity index is 0.000000359. The van der Waals surface area contributed by atoms with Crippen molar-refractivity contribution in [3.63, 3.8) is 0 Å². The van der Waals surface area contributed by atoms with E-state index in [2.05, 4.69) is 51.2 Å². The van der Waals surface area contributed by atoms with Crippen LogP contribution in [0.5, 0.6) is 0 Å². The molecule has 0 bridgehead atoms. The van der Waals surface area contributed by atoms with Gasteiger partial charge >= 0.3 is 228 Å².